The molecule has 2 atom stereocenters. The van der Waals surface area contributed by atoms with Crippen LogP contribution < -0.4 is 15.0 Å². The summed E-state index contributed by atoms with van der Waals surface area (Å²) in [6.07, 6.45) is 3.13. The molecule has 0 spiro atoms. The minimum atomic E-state index is 0.724. The van der Waals surface area contributed by atoms with Gasteiger partial charge in [0, 0.05) is 0 Å². The third kappa shape index (κ3) is 3.72. The average molecular weight is 360 g/mol. The first-order valence-electron chi connectivity index (χ1n) is 7.44. The van der Waals surface area contributed by atoms with Gasteiger partial charge in [-0.05, 0) is 0 Å². The van der Waals surface area contributed by atoms with Crippen molar-refractivity contribution in [3.63, 3.8) is 0 Å². The van der Waals surface area contributed by atoms with Crippen LogP contribution in [-0.4, -0.2) is 47.2 Å². The van der Waals surface area contributed by atoms with Crippen LogP contribution >= 0.6 is 0 Å². The second kappa shape index (κ2) is 7.01. The molecule has 0 bridgehead atoms. The Bertz CT molecular complexity index is 620. The number of hydrogen-bond donors (Lipinski definition) is 1. The van der Waals surface area contributed by atoms with Gasteiger partial charge in [0.05, 0.1) is 7.11 Å². The van der Waals surface area contributed by atoms with Crippen molar-refractivity contribution in [2.24, 2.45) is 0 Å². The zero-order valence-electron chi connectivity index (χ0n) is 12.7. The van der Waals surface area contributed by atoms with Crippen LogP contribution in [-0.2, 0) is 6.54 Å². The minimum absolute atomic E-state index is 0.724. The monoisotopic (exact) mass is 360 g/mol. The Morgan fingerprint density at radius 1 is 1.36 bits per heavy atom. The molecule has 2 aromatic rings. The van der Waals surface area contributed by atoms with Crippen molar-refractivity contribution in [3.8, 4) is 5.75 Å². The second-order valence-electron chi connectivity index (χ2n) is 5.50. The van der Waals surface area contributed by atoms with E-state index in [9.17, 15) is 0 Å². The molecule has 116 valence electrons. The number of nitrogens with one attached hydrogen (secondary N) is 1. The van der Waals surface area contributed by atoms with Gasteiger partial charge < -0.3 is 4.74 Å². The number of anilines is 2. The number of rotatable bonds is 5. The van der Waals surface area contributed by atoms with Crippen LogP contribution in [0.1, 0.15) is 12.0 Å². The van der Waals surface area contributed by atoms with Crippen molar-refractivity contribution in [1.82, 2.24) is 10.2 Å². The van der Waals surface area contributed by atoms with Gasteiger partial charge in [0.25, 0.3) is 0 Å². The number of benzene rings is 1. The van der Waals surface area contributed by atoms with Gasteiger partial charge in [-0.25, -0.2) is 0 Å². The van der Waals surface area contributed by atoms with Crippen molar-refractivity contribution in [2.75, 3.05) is 30.4 Å². The fraction of sp³-hybridized carbons (Fsp3) is 0.375. The summed E-state index contributed by atoms with van der Waals surface area (Å²) in [7, 11) is 1.68. The van der Waals surface area contributed by atoms with Crippen LogP contribution in [0.5, 0.6) is 5.75 Å². The molecule has 1 aliphatic rings. The standard InChI is InChI=1S/C16H21AsN4O/c1-22-15-4-2-12(3-5-15)9-18-16-8-14(10-19-20-16)21-7-6-13(17)11-21/h2-5,8,10,13H,6-7,9,11,17H2,1H3,(H,18,20). The van der Waals surface area contributed by atoms with E-state index in [2.05, 4.69) is 26.5 Å². The third-order valence-corrected chi connectivity index (χ3v) is 5.00. The van der Waals surface area contributed by atoms with Gasteiger partial charge in [0.15, 0.2) is 0 Å². The second-order valence-corrected chi connectivity index (χ2v) is 7.47. The molecule has 3 rings (SSSR count). The number of methoxy groups -OCH3 is 1. The molecule has 0 saturated carbocycles. The Kier molecular flexibility index (Phi) is 4.83. The maximum atomic E-state index is 5.17. The average Bonchev–Trinajstić information content (AvgIpc) is 3.00. The predicted molar refractivity (Wildman–Crippen MR) is 91.5 cm³/mol. The van der Waals surface area contributed by atoms with E-state index in [4.69, 9.17) is 4.74 Å². The number of aromatic nitrogens is 2. The SMILES string of the molecule is COc1ccc(CNc2cc(N3CCC([AsH2])C3)cnn2)cc1. The van der Waals surface area contributed by atoms with Crippen LogP contribution in [0.15, 0.2) is 36.5 Å². The van der Waals surface area contributed by atoms with Crippen molar-refractivity contribution >= 4 is 28.4 Å². The molecule has 0 amide bonds. The first-order valence-corrected chi connectivity index (χ1v) is 8.84. The van der Waals surface area contributed by atoms with Crippen LogP contribution in [0.25, 0.3) is 0 Å². The quantitative estimate of drug-likeness (QED) is 0.823. The fourth-order valence-corrected chi connectivity index (χ4v) is 3.42. The Hall–Kier alpha value is -1.74. The first kappa shape index (κ1) is 15.2. The fourth-order valence-electron chi connectivity index (χ4n) is 2.57. The molecule has 0 radical (unpaired) electrons. The third-order valence-electron chi connectivity index (χ3n) is 3.86. The van der Waals surface area contributed by atoms with Gasteiger partial charge in [-0.1, -0.05) is 0 Å². The van der Waals surface area contributed by atoms with E-state index in [1.165, 1.54) is 12.0 Å². The molecule has 6 heteroatoms. The molecular formula is C16H21AsN4O. The molecule has 1 aromatic heterocycles. The summed E-state index contributed by atoms with van der Waals surface area (Å²) in [4.78, 5) is 2.39. The van der Waals surface area contributed by atoms with E-state index in [1.54, 1.807) is 7.11 Å². The van der Waals surface area contributed by atoms with Crippen molar-refractivity contribution in [1.29, 1.82) is 0 Å². The summed E-state index contributed by atoms with van der Waals surface area (Å²) in [6, 6.07) is 10.1. The Morgan fingerprint density at radius 3 is 2.86 bits per heavy atom. The van der Waals surface area contributed by atoms with Gasteiger partial charge in [-0.3, -0.25) is 0 Å². The molecule has 1 aliphatic heterocycles. The number of ether oxygens (including phenoxy) is 1. The van der Waals surface area contributed by atoms with E-state index in [0.29, 0.717) is 0 Å². The van der Waals surface area contributed by atoms with E-state index < -0.39 is 0 Å². The molecular weight excluding hydrogens is 339 g/mol. The van der Waals surface area contributed by atoms with Crippen molar-refractivity contribution in [3.05, 3.63) is 42.1 Å². The van der Waals surface area contributed by atoms with Gasteiger partial charge in [0.1, 0.15) is 0 Å². The Balaban J connectivity index is 1.62. The Morgan fingerprint density at radius 2 is 2.18 bits per heavy atom. The zero-order chi connectivity index (χ0) is 15.4. The molecule has 5 nitrogen and oxygen atoms in total. The Labute approximate surface area is 139 Å². The summed E-state index contributed by atoms with van der Waals surface area (Å²) in [5, 5.41) is 11.6. The maximum absolute atomic E-state index is 5.17. The molecule has 1 N–H and O–H groups in total. The number of nitrogens with zero attached hydrogens (tertiary/aromatic N) is 3. The summed E-state index contributed by atoms with van der Waals surface area (Å²) in [5.74, 6) is 1.69. The first-order chi connectivity index (χ1) is 10.7. The van der Waals surface area contributed by atoms with Gasteiger partial charge in [0.2, 0.25) is 0 Å². The number of hydrogen-bond acceptors (Lipinski definition) is 5. The van der Waals surface area contributed by atoms with Crippen molar-refractivity contribution < 1.29 is 4.74 Å². The zero-order valence-corrected chi connectivity index (χ0v) is 15.1. The molecule has 0 aliphatic carbocycles. The molecule has 1 fully saturated rings. The van der Waals surface area contributed by atoms with Gasteiger partial charge in [-0.15, -0.1) is 0 Å². The van der Waals surface area contributed by atoms with E-state index in [-0.39, 0.29) is 0 Å². The molecule has 2 unspecified atom stereocenters. The summed E-state index contributed by atoms with van der Waals surface area (Å²) in [6.45, 7) is 2.97. The molecule has 1 aromatic carbocycles. The normalized spacial score (nSPS) is 17.5. The summed E-state index contributed by atoms with van der Waals surface area (Å²) in [5.41, 5.74) is 2.35. The van der Waals surface area contributed by atoms with E-state index >= 15 is 0 Å². The predicted octanol–water partition coefficient (Wildman–Crippen LogP) is 1.73. The molecule has 1 saturated heterocycles. The van der Waals surface area contributed by atoms with Gasteiger partial charge in [-0.2, -0.15) is 0 Å². The molecule has 2 heterocycles. The molecule has 22 heavy (non-hydrogen) atoms. The van der Waals surface area contributed by atoms with Crippen LogP contribution in [0.3, 0.4) is 0 Å². The van der Waals surface area contributed by atoms with Crippen LogP contribution in [0.2, 0.25) is 4.71 Å². The van der Waals surface area contributed by atoms with E-state index in [1.807, 2.05) is 47.3 Å². The topological polar surface area (TPSA) is 50.3 Å². The van der Waals surface area contributed by atoms with Gasteiger partial charge >= 0.3 is 127 Å². The van der Waals surface area contributed by atoms with Crippen molar-refractivity contribution in [2.45, 2.75) is 17.7 Å². The van der Waals surface area contributed by atoms with Crippen LogP contribution in [0.4, 0.5) is 11.5 Å². The van der Waals surface area contributed by atoms with E-state index in [0.717, 1.165) is 41.6 Å². The van der Waals surface area contributed by atoms with Crippen LogP contribution in [0, 0.1) is 0 Å². The summed E-state index contributed by atoms with van der Waals surface area (Å²) >= 11 is 1.83. The summed E-state index contributed by atoms with van der Waals surface area (Å²) < 4.78 is 5.98.